The Morgan fingerprint density at radius 2 is 1.91 bits per heavy atom. The molecule has 0 atom stereocenters. The predicted molar refractivity (Wildman–Crippen MR) is 88.2 cm³/mol. The highest BCUT2D eigenvalue weighted by Gasteiger charge is 2.24. The number of carbonyl (C=O) groups is 1. The van der Waals surface area contributed by atoms with Gasteiger partial charge in [0.25, 0.3) is 0 Å². The number of rotatable bonds is 2. The number of aryl methyl sites for hydroxylation is 1. The van der Waals surface area contributed by atoms with E-state index < -0.39 is 5.97 Å². The van der Waals surface area contributed by atoms with Gasteiger partial charge in [0.2, 0.25) is 5.90 Å². The zero-order chi connectivity index (χ0) is 15.7. The Bertz CT molecular complexity index is 825. The van der Waals surface area contributed by atoms with Crippen LogP contribution in [0, 0.1) is 6.92 Å². The topological polar surface area (TPSA) is 38.7 Å². The number of esters is 1. The largest absolute Gasteiger partial charge is 0.402 e. The molecule has 0 aliphatic carbocycles. The first-order valence-electron chi connectivity index (χ1n) is 6.58. The van der Waals surface area contributed by atoms with E-state index in [1.165, 1.54) is 0 Å². The number of hydrogen-bond acceptors (Lipinski definition) is 3. The molecule has 0 saturated heterocycles. The third-order valence-electron chi connectivity index (χ3n) is 3.16. The standard InChI is InChI=1S/C17H11Cl2NO2/c1-10-4-2-6-12(8-10)16-20-14(17(21)22-16)9-11-5-3-7-13(18)15(11)19/h2-9H,1H3. The second-order valence-corrected chi connectivity index (χ2v) is 5.63. The van der Waals surface area contributed by atoms with E-state index >= 15 is 0 Å². The summed E-state index contributed by atoms with van der Waals surface area (Å²) in [4.78, 5) is 16.2. The Morgan fingerprint density at radius 3 is 2.68 bits per heavy atom. The molecular formula is C17H11Cl2NO2. The van der Waals surface area contributed by atoms with Crippen LogP contribution < -0.4 is 0 Å². The number of benzene rings is 2. The van der Waals surface area contributed by atoms with Crippen LogP contribution in [0.2, 0.25) is 10.0 Å². The van der Waals surface area contributed by atoms with Crippen molar-refractivity contribution < 1.29 is 9.53 Å². The van der Waals surface area contributed by atoms with E-state index in [-0.39, 0.29) is 11.6 Å². The number of hydrogen-bond donors (Lipinski definition) is 0. The maximum Gasteiger partial charge on any atom is 0.363 e. The second-order valence-electron chi connectivity index (χ2n) is 4.85. The lowest BCUT2D eigenvalue weighted by Crippen LogP contribution is -2.05. The highest BCUT2D eigenvalue weighted by molar-refractivity contribution is 6.43. The van der Waals surface area contributed by atoms with E-state index in [2.05, 4.69) is 4.99 Å². The average Bonchev–Trinajstić information content (AvgIpc) is 2.85. The van der Waals surface area contributed by atoms with E-state index in [1.54, 1.807) is 24.3 Å². The van der Waals surface area contributed by atoms with Gasteiger partial charge in [0.1, 0.15) is 0 Å². The number of nitrogens with zero attached hydrogens (tertiary/aromatic N) is 1. The van der Waals surface area contributed by atoms with Crippen LogP contribution >= 0.6 is 23.2 Å². The molecule has 1 aliphatic rings. The molecule has 0 fully saturated rings. The van der Waals surface area contributed by atoms with E-state index in [0.717, 1.165) is 11.1 Å². The van der Waals surface area contributed by atoms with Crippen molar-refractivity contribution in [2.24, 2.45) is 4.99 Å². The molecule has 3 rings (SSSR count). The fourth-order valence-electron chi connectivity index (χ4n) is 2.09. The smallest absolute Gasteiger partial charge is 0.363 e. The van der Waals surface area contributed by atoms with Crippen LogP contribution in [0.15, 0.2) is 53.2 Å². The van der Waals surface area contributed by atoms with Crippen LogP contribution in [0.3, 0.4) is 0 Å². The van der Waals surface area contributed by atoms with Crippen molar-refractivity contribution in [2.75, 3.05) is 0 Å². The van der Waals surface area contributed by atoms with Gasteiger partial charge < -0.3 is 4.74 Å². The minimum absolute atomic E-state index is 0.195. The lowest BCUT2D eigenvalue weighted by atomic mass is 10.1. The summed E-state index contributed by atoms with van der Waals surface area (Å²) in [5.41, 5.74) is 2.64. The SMILES string of the molecule is Cc1cccc(C2=NC(=Cc3cccc(Cl)c3Cl)C(=O)O2)c1. The Morgan fingerprint density at radius 1 is 1.14 bits per heavy atom. The first-order chi connectivity index (χ1) is 10.5. The third kappa shape index (κ3) is 2.91. The molecule has 0 spiro atoms. The molecule has 2 aromatic carbocycles. The molecule has 0 amide bonds. The van der Waals surface area contributed by atoms with E-state index in [1.807, 2.05) is 31.2 Å². The fraction of sp³-hybridized carbons (Fsp3) is 0.0588. The van der Waals surface area contributed by atoms with Crippen LogP contribution in [0.25, 0.3) is 6.08 Å². The van der Waals surface area contributed by atoms with Crippen molar-refractivity contribution in [3.05, 3.63) is 74.9 Å². The lowest BCUT2D eigenvalue weighted by Gasteiger charge is -2.00. The minimum Gasteiger partial charge on any atom is -0.402 e. The Labute approximate surface area is 137 Å². The second kappa shape index (κ2) is 5.95. The maximum absolute atomic E-state index is 12.0. The molecule has 3 nitrogen and oxygen atoms in total. The molecule has 0 N–H and O–H groups in total. The van der Waals surface area contributed by atoms with Crippen LogP contribution in [-0.4, -0.2) is 11.9 Å². The number of cyclic esters (lactones) is 1. The quantitative estimate of drug-likeness (QED) is 0.593. The van der Waals surface area contributed by atoms with Crippen molar-refractivity contribution >= 4 is 41.1 Å². The highest BCUT2D eigenvalue weighted by atomic mass is 35.5. The van der Waals surface area contributed by atoms with Crippen molar-refractivity contribution in [1.29, 1.82) is 0 Å². The van der Waals surface area contributed by atoms with Crippen LogP contribution in [0.5, 0.6) is 0 Å². The van der Waals surface area contributed by atoms with Gasteiger partial charge in [-0.2, -0.15) is 0 Å². The van der Waals surface area contributed by atoms with Gasteiger partial charge in [0, 0.05) is 5.56 Å². The molecule has 0 bridgehead atoms. The van der Waals surface area contributed by atoms with Crippen molar-refractivity contribution in [3.8, 4) is 0 Å². The van der Waals surface area contributed by atoms with Crippen molar-refractivity contribution in [3.63, 3.8) is 0 Å². The molecule has 5 heteroatoms. The first kappa shape index (κ1) is 14.8. The molecule has 0 aromatic heterocycles. The first-order valence-corrected chi connectivity index (χ1v) is 7.34. The van der Waals surface area contributed by atoms with Crippen molar-refractivity contribution in [2.45, 2.75) is 6.92 Å². The summed E-state index contributed by atoms with van der Waals surface area (Å²) in [6, 6.07) is 12.8. The molecule has 0 saturated carbocycles. The lowest BCUT2D eigenvalue weighted by molar-refractivity contribution is -0.129. The summed E-state index contributed by atoms with van der Waals surface area (Å²) in [6.45, 7) is 1.96. The molecule has 0 radical (unpaired) electrons. The number of ether oxygens (including phenoxy) is 1. The van der Waals surface area contributed by atoms with Crippen LogP contribution in [0.1, 0.15) is 16.7 Å². The molecule has 0 unspecified atom stereocenters. The molecule has 22 heavy (non-hydrogen) atoms. The number of halogens is 2. The third-order valence-corrected chi connectivity index (χ3v) is 3.99. The van der Waals surface area contributed by atoms with Gasteiger partial charge in [-0.15, -0.1) is 0 Å². The normalized spacial score (nSPS) is 15.9. The zero-order valence-electron chi connectivity index (χ0n) is 11.6. The van der Waals surface area contributed by atoms with Crippen LogP contribution in [0.4, 0.5) is 0 Å². The van der Waals surface area contributed by atoms with Crippen molar-refractivity contribution in [1.82, 2.24) is 0 Å². The summed E-state index contributed by atoms with van der Waals surface area (Å²) in [7, 11) is 0. The molecule has 1 aliphatic heterocycles. The summed E-state index contributed by atoms with van der Waals surface area (Å²) >= 11 is 12.1. The van der Waals surface area contributed by atoms with E-state index in [4.69, 9.17) is 27.9 Å². The van der Waals surface area contributed by atoms with E-state index in [0.29, 0.717) is 15.6 Å². The number of carbonyl (C=O) groups excluding carboxylic acids is 1. The molecule has 110 valence electrons. The summed E-state index contributed by atoms with van der Waals surface area (Å²) in [6.07, 6.45) is 1.57. The molecule has 1 heterocycles. The van der Waals surface area contributed by atoms with Gasteiger partial charge in [-0.3, -0.25) is 0 Å². The average molecular weight is 332 g/mol. The zero-order valence-corrected chi connectivity index (χ0v) is 13.2. The van der Waals surface area contributed by atoms with Crippen LogP contribution in [-0.2, 0) is 9.53 Å². The Kier molecular flexibility index (Phi) is 4.01. The summed E-state index contributed by atoms with van der Waals surface area (Å²) in [5, 5.41) is 0.800. The van der Waals surface area contributed by atoms with Gasteiger partial charge in [-0.05, 0) is 36.8 Å². The Balaban J connectivity index is 2.00. The van der Waals surface area contributed by atoms with Gasteiger partial charge in [-0.1, -0.05) is 53.0 Å². The highest BCUT2D eigenvalue weighted by Crippen LogP contribution is 2.28. The fourth-order valence-corrected chi connectivity index (χ4v) is 2.45. The van der Waals surface area contributed by atoms with Gasteiger partial charge >= 0.3 is 5.97 Å². The minimum atomic E-state index is -0.507. The molecular weight excluding hydrogens is 321 g/mol. The van der Waals surface area contributed by atoms with Gasteiger partial charge in [-0.25, -0.2) is 9.79 Å². The van der Waals surface area contributed by atoms with Gasteiger partial charge in [0.05, 0.1) is 10.0 Å². The summed E-state index contributed by atoms with van der Waals surface area (Å²) < 4.78 is 5.22. The monoisotopic (exact) mass is 331 g/mol. The predicted octanol–water partition coefficient (Wildman–Crippen LogP) is 4.65. The van der Waals surface area contributed by atoms with E-state index in [9.17, 15) is 4.79 Å². The van der Waals surface area contributed by atoms with Gasteiger partial charge in [0.15, 0.2) is 5.70 Å². The number of aliphatic imine (C=N–C) groups is 1. The Hall–Kier alpha value is -2.10. The summed E-state index contributed by atoms with van der Waals surface area (Å²) in [5.74, 6) is -0.217. The maximum atomic E-state index is 12.0. The molecule has 2 aromatic rings.